The molecule has 41 heavy (non-hydrogen) atoms. The van der Waals surface area contributed by atoms with E-state index in [1.54, 1.807) is 22.0 Å². The number of hydrogen-bond donors (Lipinski definition) is 4. The molecule has 0 bridgehead atoms. The van der Waals surface area contributed by atoms with Crippen LogP contribution in [-0.4, -0.2) is 42.8 Å². The van der Waals surface area contributed by atoms with E-state index in [0.717, 1.165) is 52.6 Å². The lowest BCUT2D eigenvalue weighted by atomic mass is 9.92. The first kappa shape index (κ1) is 26.9. The van der Waals surface area contributed by atoms with Crippen molar-refractivity contribution >= 4 is 45.8 Å². The van der Waals surface area contributed by atoms with Gasteiger partial charge in [-0.05, 0) is 49.9 Å². The summed E-state index contributed by atoms with van der Waals surface area (Å²) in [6, 6.07) is 20.0. The van der Waals surface area contributed by atoms with Crippen LogP contribution in [0.15, 0.2) is 66.9 Å². The van der Waals surface area contributed by atoms with Crippen LogP contribution in [0.2, 0.25) is 0 Å². The van der Waals surface area contributed by atoms with Crippen LogP contribution in [0.4, 0.5) is 22.9 Å². The Kier molecular flexibility index (Phi) is 7.62. The molecule has 0 aliphatic heterocycles. The quantitative estimate of drug-likeness (QED) is 0.178. The lowest BCUT2D eigenvalue weighted by Crippen LogP contribution is -2.33. The Morgan fingerprint density at radius 2 is 1.78 bits per heavy atom. The van der Waals surface area contributed by atoms with Crippen molar-refractivity contribution in [3.8, 4) is 10.6 Å². The maximum atomic E-state index is 13.5. The van der Waals surface area contributed by atoms with Crippen LogP contribution in [0.5, 0.6) is 0 Å². The van der Waals surface area contributed by atoms with Gasteiger partial charge in [0.05, 0.1) is 11.9 Å². The van der Waals surface area contributed by atoms with Crippen molar-refractivity contribution in [1.29, 1.82) is 0 Å². The second-order valence-electron chi connectivity index (χ2n) is 10.7. The van der Waals surface area contributed by atoms with E-state index in [9.17, 15) is 4.79 Å². The third-order valence-corrected chi connectivity index (χ3v) is 8.45. The van der Waals surface area contributed by atoms with Gasteiger partial charge in [0, 0.05) is 41.0 Å². The van der Waals surface area contributed by atoms with Crippen molar-refractivity contribution in [3.05, 3.63) is 77.6 Å². The van der Waals surface area contributed by atoms with Crippen molar-refractivity contribution in [1.82, 2.24) is 24.8 Å². The van der Waals surface area contributed by atoms with Gasteiger partial charge in [-0.15, -0.1) is 15.3 Å². The van der Waals surface area contributed by atoms with E-state index in [4.69, 9.17) is 10.8 Å². The number of nitrogens with zero attached hydrogens (tertiary/aromatic N) is 5. The Bertz CT molecular complexity index is 1660. The van der Waals surface area contributed by atoms with E-state index < -0.39 is 0 Å². The molecule has 11 heteroatoms. The maximum Gasteiger partial charge on any atom is 0.276 e. The number of carbonyl (C=O) groups is 1. The van der Waals surface area contributed by atoms with Gasteiger partial charge in [0.1, 0.15) is 15.8 Å². The number of nitrogens with two attached hydrogens (primary N) is 1. The number of amides is 1. The molecule has 3 aromatic heterocycles. The first-order valence-electron chi connectivity index (χ1n) is 13.9. The van der Waals surface area contributed by atoms with Crippen molar-refractivity contribution in [2.24, 2.45) is 5.73 Å². The van der Waals surface area contributed by atoms with E-state index in [1.807, 2.05) is 60.7 Å². The molecule has 0 atom stereocenters. The molecular weight excluding hydrogens is 534 g/mol. The molecule has 0 spiro atoms. The van der Waals surface area contributed by atoms with Gasteiger partial charge >= 0.3 is 0 Å². The van der Waals surface area contributed by atoms with Crippen LogP contribution < -0.4 is 21.7 Å². The lowest BCUT2D eigenvalue weighted by molar-refractivity contribution is 0.102. The minimum Gasteiger partial charge on any atom is -0.366 e. The molecule has 0 radical (unpaired) electrons. The number of imidazole rings is 1. The molecule has 1 fully saturated rings. The molecule has 1 aliphatic rings. The van der Waals surface area contributed by atoms with Gasteiger partial charge in [-0.1, -0.05) is 55.5 Å². The number of fused-ring (bicyclic) bond motifs is 1. The highest BCUT2D eigenvalue weighted by Gasteiger charge is 2.22. The van der Waals surface area contributed by atoms with Crippen molar-refractivity contribution in [2.75, 3.05) is 16.0 Å². The summed E-state index contributed by atoms with van der Waals surface area (Å²) in [6.07, 6.45) is 5.46. The van der Waals surface area contributed by atoms with E-state index in [-0.39, 0.29) is 18.0 Å². The molecule has 3 heterocycles. The summed E-state index contributed by atoms with van der Waals surface area (Å²) in [6.45, 7) is 4.19. The molecule has 10 nitrogen and oxygen atoms in total. The largest absolute Gasteiger partial charge is 0.366 e. The maximum absolute atomic E-state index is 13.5. The van der Waals surface area contributed by atoms with Crippen LogP contribution in [0.3, 0.4) is 0 Å². The zero-order chi connectivity index (χ0) is 28.3. The topological polar surface area (TPSA) is 135 Å². The van der Waals surface area contributed by atoms with Crippen LogP contribution in [0, 0.1) is 0 Å². The summed E-state index contributed by atoms with van der Waals surface area (Å²) in [5.74, 6) is 0.666. The second kappa shape index (κ2) is 11.6. The zero-order valence-electron chi connectivity index (χ0n) is 23.0. The lowest BCUT2D eigenvalue weighted by Gasteiger charge is -2.27. The van der Waals surface area contributed by atoms with Crippen molar-refractivity contribution < 1.29 is 4.79 Å². The molecule has 5 N–H and O–H groups in total. The van der Waals surface area contributed by atoms with Gasteiger partial charge in [0.15, 0.2) is 11.3 Å². The Morgan fingerprint density at radius 3 is 2.54 bits per heavy atom. The van der Waals surface area contributed by atoms with Gasteiger partial charge in [-0.25, -0.2) is 9.50 Å². The van der Waals surface area contributed by atoms with Gasteiger partial charge in [-0.2, -0.15) is 0 Å². The number of aromatic nitrogens is 5. The van der Waals surface area contributed by atoms with Crippen LogP contribution in [0.1, 0.15) is 60.9 Å². The van der Waals surface area contributed by atoms with E-state index in [2.05, 4.69) is 45.0 Å². The normalized spacial score (nSPS) is 17.1. The fraction of sp³-hybridized carbons (Fsp3) is 0.300. The zero-order valence-corrected chi connectivity index (χ0v) is 23.9. The van der Waals surface area contributed by atoms with Gasteiger partial charge < -0.3 is 21.7 Å². The molecular formula is C30H33N9OS. The molecule has 6 rings (SSSR count). The molecule has 1 aliphatic carbocycles. The Hall–Kier alpha value is -4.35. The van der Waals surface area contributed by atoms with Gasteiger partial charge in [-0.3, -0.25) is 4.79 Å². The summed E-state index contributed by atoms with van der Waals surface area (Å²) < 4.78 is 1.60. The monoisotopic (exact) mass is 567 g/mol. The number of hydrogen-bond acceptors (Lipinski definition) is 9. The number of rotatable bonds is 8. The fourth-order valence-corrected chi connectivity index (χ4v) is 5.79. The Balaban J connectivity index is 1.30. The average Bonchev–Trinajstić information content (AvgIpc) is 3.64. The van der Waals surface area contributed by atoms with Gasteiger partial charge in [0.25, 0.3) is 5.91 Å². The average molecular weight is 568 g/mol. The van der Waals surface area contributed by atoms with Crippen molar-refractivity contribution in [3.63, 3.8) is 0 Å². The second-order valence-corrected chi connectivity index (χ2v) is 11.7. The molecule has 0 saturated heterocycles. The molecule has 1 amide bonds. The van der Waals surface area contributed by atoms with E-state index >= 15 is 0 Å². The molecule has 1 saturated carbocycles. The predicted molar refractivity (Wildman–Crippen MR) is 164 cm³/mol. The Morgan fingerprint density at radius 1 is 1.00 bits per heavy atom. The smallest absolute Gasteiger partial charge is 0.276 e. The van der Waals surface area contributed by atoms with Crippen LogP contribution in [0.25, 0.3) is 16.2 Å². The van der Waals surface area contributed by atoms with Crippen LogP contribution in [-0.2, 0) is 0 Å². The number of para-hydroxylation sites is 1. The first-order valence-corrected chi connectivity index (χ1v) is 14.7. The minimum absolute atomic E-state index is 0.255. The minimum atomic E-state index is -0.311. The standard InChI is InChI=1S/C30H33N9OS/c1-18(2)29-36-37-30(41-29)19-7-6-10-23(15-19)35-28(40)25-17-32-27-24(33-21-8-4-3-5-9-21)16-26(38-39(25)27)34-22-13-11-20(31)12-14-22/h3-10,15-18,20,22,33H,11-14,31H2,1-2H3,(H,34,38)(H,35,40). The van der Waals surface area contributed by atoms with Crippen LogP contribution >= 0.6 is 11.3 Å². The Labute approximate surface area is 242 Å². The van der Waals surface area contributed by atoms with Crippen molar-refractivity contribution in [2.45, 2.75) is 57.5 Å². The summed E-state index contributed by atoms with van der Waals surface area (Å²) in [7, 11) is 0. The van der Waals surface area contributed by atoms with E-state index in [1.165, 1.54) is 0 Å². The third-order valence-electron chi connectivity index (χ3n) is 7.18. The molecule has 210 valence electrons. The number of anilines is 4. The van der Waals surface area contributed by atoms with Gasteiger partial charge in [0.2, 0.25) is 0 Å². The highest BCUT2D eigenvalue weighted by Crippen LogP contribution is 2.30. The summed E-state index contributed by atoms with van der Waals surface area (Å²) in [5.41, 5.74) is 10.2. The molecule has 0 unspecified atom stereocenters. The fourth-order valence-electron chi connectivity index (χ4n) is 4.95. The van der Waals surface area contributed by atoms with E-state index in [0.29, 0.717) is 28.8 Å². The molecule has 5 aromatic rings. The number of benzene rings is 2. The third kappa shape index (κ3) is 6.06. The summed E-state index contributed by atoms with van der Waals surface area (Å²) in [5, 5.41) is 25.2. The summed E-state index contributed by atoms with van der Waals surface area (Å²) in [4.78, 5) is 18.1. The highest BCUT2D eigenvalue weighted by atomic mass is 32.1. The molecule has 2 aromatic carbocycles. The number of nitrogens with one attached hydrogen (secondary N) is 3. The predicted octanol–water partition coefficient (Wildman–Crippen LogP) is 6.05. The highest BCUT2D eigenvalue weighted by molar-refractivity contribution is 7.14. The SMILES string of the molecule is CC(C)c1nnc(-c2cccc(NC(=O)c3cnc4c(Nc5ccccc5)cc(NC5CCC(N)CC5)nn34)c2)s1. The first-order chi connectivity index (χ1) is 19.9. The number of carbonyl (C=O) groups excluding carboxylic acids is 1. The summed E-state index contributed by atoms with van der Waals surface area (Å²) >= 11 is 1.56.